The van der Waals surface area contributed by atoms with Crippen LogP contribution in [0.3, 0.4) is 0 Å². The van der Waals surface area contributed by atoms with E-state index in [9.17, 15) is 14.0 Å². The molecule has 1 fully saturated rings. The van der Waals surface area contributed by atoms with Gasteiger partial charge in [-0.3, -0.25) is 9.59 Å². The number of carbonyl (C=O) groups excluding carboxylic acids is 2. The molecule has 0 unspecified atom stereocenters. The second kappa shape index (κ2) is 9.67. The van der Waals surface area contributed by atoms with Crippen molar-refractivity contribution in [2.75, 3.05) is 12.4 Å². The van der Waals surface area contributed by atoms with Crippen LogP contribution in [0.4, 0.5) is 4.39 Å². The third kappa shape index (κ3) is 6.51. The van der Waals surface area contributed by atoms with Crippen molar-refractivity contribution in [1.29, 1.82) is 0 Å². The lowest BCUT2D eigenvalue weighted by molar-refractivity contribution is -0.148. The van der Waals surface area contributed by atoms with Crippen molar-refractivity contribution >= 4 is 23.6 Å². The van der Waals surface area contributed by atoms with Gasteiger partial charge in [-0.05, 0) is 43.0 Å². The average Bonchev–Trinajstić information content (AvgIpc) is 2.57. The quantitative estimate of drug-likeness (QED) is 0.602. The number of carbonyl (C=O) groups is 2. The molecule has 24 heavy (non-hydrogen) atoms. The number of benzene rings is 1. The Morgan fingerprint density at radius 1 is 1.25 bits per heavy atom. The lowest BCUT2D eigenvalue weighted by Crippen LogP contribution is -2.42. The number of nitrogens with one attached hydrogen (secondary N) is 1. The minimum absolute atomic E-state index is 0.194. The van der Waals surface area contributed by atoms with Gasteiger partial charge in [0.15, 0.2) is 6.61 Å². The third-order valence-corrected chi connectivity index (χ3v) is 5.22. The van der Waals surface area contributed by atoms with Crippen molar-refractivity contribution in [3.05, 3.63) is 30.1 Å². The van der Waals surface area contributed by atoms with Crippen LogP contribution in [-0.4, -0.2) is 30.3 Å². The molecule has 132 valence electrons. The summed E-state index contributed by atoms with van der Waals surface area (Å²) in [6.07, 6.45) is 4.69. The van der Waals surface area contributed by atoms with Crippen LogP contribution in [0.1, 0.15) is 39.0 Å². The van der Waals surface area contributed by atoms with E-state index in [0.29, 0.717) is 11.7 Å². The maximum absolute atomic E-state index is 12.8. The molecule has 0 radical (unpaired) electrons. The number of esters is 1. The van der Waals surface area contributed by atoms with Crippen LogP contribution in [-0.2, 0) is 14.3 Å². The molecule has 0 bridgehead atoms. The molecule has 4 nitrogen and oxygen atoms in total. The van der Waals surface area contributed by atoms with Gasteiger partial charge in [0, 0.05) is 16.7 Å². The third-order valence-electron chi connectivity index (χ3n) is 4.21. The number of halogens is 1. The second-order valence-corrected chi connectivity index (χ2v) is 7.32. The van der Waals surface area contributed by atoms with E-state index in [1.165, 1.54) is 30.3 Å². The van der Waals surface area contributed by atoms with E-state index in [1.807, 2.05) is 0 Å². The van der Waals surface area contributed by atoms with E-state index in [4.69, 9.17) is 4.74 Å². The van der Waals surface area contributed by atoms with E-state index in [-0.39, 0.29) is 30.8 Å². The van der Waals surface area contributed by atoms with Crippen molar-refractivity contribution < 1.29 is 18.7 Å². The van der Waals surface area contributed by atoms with Crippen LogP contribution in [0.5, 0.6) is 0 Å². The van der Waals surface area contributed by atoms with E-state index < -0.39 is 5.97 Å². The number of ether oxygens (including phenoxy) is 1. The molecular weight excluding hydrogens is 329 g/mol. The fourth-order valence-corrected chi connectivity index (χ4v) is 3.61. The first-order valence-corrected chi connectivity index (χ1v) is 9.36. The second-order valence-electron chi connectivity index (χ2n) is 6.15. The molecule has 1 N–H and O–H groups in total. The molecule has 2 atom stereocenters. The zero-order chi connectivity index (χ0) is 17.4. The maximum atomic E-state index is 12.8. The smallest absolute Gasteiger partial charge is 0.307 e. The summed E-state index contributed by atoms with van der Waals surface area (Å²) in [5.74, 6) is 0.110. The molecule has 0 spiro atoms. The Morgan fingerprint density at radius 2 is 1.96 bits per heavy atom. The summed E-state index contributed by atoms with van der Waals surface area (Å²) in [6.45, 7) is 1.92. The van der Waals surface area contributed by atoms with Crippen LogP contribution >= 0.6 is 11.8 Å². The number of hydrogen-bond acceptors (Lipinski definition) is 4. The summed E-state index contributed by atoms with van der Waals surface area (Å²) < 4.78 is 17.8. The summed E-state index contributed by atoms with van der Waals surface area (Å²) in [5, 5.41) is 2.95. The first kappa shape index (κ1) is 18.8. The molecule has 1 aliphatic rings. The van der Waals surface area contributed by atoms with Gasteiger partial charge in [-0.25, -0.2) is 4.39 Å². The molecule has 1 aliphatic carbocycles. The highest BCUT2D eigenvalue weighted by Crippen LogP contribution is 2.23. The predicted octanol–water partition coefficient (Wildman–Crippen LogP) is 3.55. The van der Waals surface area contributed by atoms with Crippen molar-refractivity contribution in [3.63, 3.8) is 0 Å². The van der Waals surface area contributed by atoms with Crippen molar-refractivity contribution in [1.82, 2.24) is 5.32 Å². The van der Waals surface area contributed by atoms with Crippen molar-refractivity contribution in [3.8, 4) is 0 Å². The van der Waals surface area contributed by atoms with Gasteiger partial charge in [-0.15, -0.1) is 11.8 Å². The molecule has 0 heterocycles. The first-order valence-electron chi connectivity index (χ1n) is 8.38. The normalized spacial score (nSPS) is 20.4. The fraction of sp³-hybridized carbons (Fsp3) is 0.556. The molecule has 1 aromatic carbocycles. The van der Waals surface area contributed by atoms with Crippen LogP contribution in [0.2, 0.25) is 0 Å². The molecule has 2 rings (SSSR count). The molecule has 0 aromatic heterocycles. The van der Waals surface area contributed by atoms with Gasteiger partial charge in [-0.2, -0.15) is 0 Å². The summed E-state index contributed by atoms with van der Waals surface area (Å²) >= 11 is 1.45. The molecule has 1 amide bonds. The first-order chi connectivity index (χ1) is 11.5. The Labute approximate surface area is 146 Å². The topological polar surface area (TPSA) is 55.4 Å². The Balaban J connectivity index is 1.60. The fourth-order valence-electron chi connectivity index (χ4n) is 2.78. The van der Waals surface area contributed by atoms with Gasteiger partial charge in [0.1, 0.15) is 5.82 Å². The Bertz CT molecular complexity index is 550. The van der Waals surface area contributed by atoms with Gasteiger partial charge in [0.05, 0.1) is 6.42 Å². The largest absolute Gasteiger partial charge is 0.456 e. The standard InChI is InChI=1S/C18H24FNO3S/c1-13-4-2-3-5-16(13)20-17(21)12-23-18(22)10-11-24-15-8-6-14(19)7-9-15/h6-9,13,16H,2-5,10-12H2,1H3,(H,20,21)/t13-,16-/m1/s1. The number of thioether (sulfide) groups is 1. The number of amides is 1. The van der Waals surface area contributed by atoms with E-state index >= 15 is 0 Å². The van der Waals surface area contributed by atoms with E-state index in [1.54, 1.807) is 12.1 Å². The van der Waals surface area contributed by atoms with Crippen molar-refractivity contribution in [2.24, 2.45) is 5.92 Å². The Kier molecular flexibility index (Phi) is 7.56. The van der Waals surface area contributed by atoms with Crippen LogP contribution in [0.25, 0.3) is 0 Å². The summed E-state index contributed by atoms with van der Waals surface area (Å²) in [4.78, 5) is 24.4. The van der Waals surface area contributed by atoms with E-state index in [0.717, 1.165) is 24.2 Å². The SMILES string of the molecule is C[C@@H]1CCCC[C@H]1NC(=O)COC(=O)CCSc1ccc(F)cc1. The summed E-state index contributed by atoms with van der Waals surface area (Å²) in [7, 11) is 0. The molecule has 1 saturated carbocycles. The minimum atomic E-state index is -0.392. The van der Waals surface area contributed by atoms with Crippen LogP contribution in [0.15, 0.2) is 29.2 Å². The van der Waals surface area contributed by atoms with Crippen LogP contribution in [0, 0.1) is 11.7 Å². The zero-order valence-electron chi connectivity index (χ0n) is 13.9. The molecular formula is C18H24FNO3S. The average molecular weight is 353 g/mol. The Morgan fingerprint density at radius 3 is 2.67 bits per heavy atom. The summed E-state index contributed by atoms with van der Waals surface area (Å²) in [5.41, 5.74) is 0. The van der Waals surface area contributed by atoms with Gasteiger partial charge < -0.3 is 10.1 Å². The van der Waals surface area contributed by atoms with E-state index in [2.05, 4.69) is 12.2 Å². The number of hydrogen-bond donors (Lipinski definition) is 1. The summed E-state index contributed by atoms with van der Waals surface area (Å²) in [6, 6.07) is 6.31. The minimum Gasteiger partial charge on any atom is -0.456 e. The van der Waals surface area contributed by atoms with Crippen LogP contribution < -0.4 is 5.32 Å². The Hall–Kier alpha value is -1.56. The lowest BCUT2D eigenvalue weighted by Gasteiger charge is -2.29. The van der Waals surface area contributed by atoms with Gasteiger partial charge >= 0.3 is 5.97 Å². The van der Waals surface area contributed by atoms with Gasteiger partial charge in [0.2, 0.25) is 0 Å². The molecule has 0 saturated heterocycles. The van der Waals surface area contributed by atoms with Gasteiger partial charge in [0.25, 0.3) is 5.91 Å². The highest BCUT2D eigenvalue weighted by molar-refractivity contribution is 7.99. The number of rotatable bonds is 7. The lowest BCUT2D eigenvalue weighted by atomic mass is 9.86. The molecule has 6 heteroatoms. The van der Waals surface area contributed by atoms with Crippen molar-refractivity contribution in [2.45, 2.75) is 50.0 Å². The monoisotopic (exact) mass is 353 g/mol. The highest BCUT2D eigenvalue weighted by Gasteiger charge is 2.23. The molecule has 1 aromatic rings. The molecule has 0 aliphatic heterocycles. The zero-order valence-corrected chi connectivity index (χ0v) is 14.7. The van der Waals surface area contributed by atoms with Gasteiger partial charge in [-0.1, -0.05) is 19.8 Å². The highest BCUT2D eigenvalue weighted by atomic mass is 32.2. The maximum Gasteiger partial charge on any atom is 0.307 e. The predicted molar refractivity (Wildman–Crippen MR) is 92.3 cm³/mol.